The number of halogens is 1. The van der Waals surface area contributed by atoms with E-state index in [4.69, 9.17) is 9.47 Å². The molecule has 0 aromatic heterocycles. The summed E-state index contributed by atoms with van der Waals surface area (Å²) in [6.07, 6.45) is 0.658. The average molecular weight is 343 g/mol. The fourth-order valence-electron chi connectivity index (χ4n) is 2.17. The predicted octanol–water partition coefficient (Wildman–Crippen LogP) is 3.82. The average Bonchev–Trinajstić information content (AvgIpc) is 2.39. The van der Waals surface area contributed by atoms with Gasteiger partial charge in [0.15, 0.2) is 0 Å². The van der Waals surface area contributed by atoms with Crippen LogP contribution in [0.2, 0.25) is 0 Å². The van der Waals surface area contributed by atoms with Crippen molar-refractivity contribution in [2.24, 2.45) is 5.41 Å². The molecule has 0 radical (unpaired) electrons. The van der Waals surface area contributed by atoms with Gasteiger partial charge >= 0.3 is 5.97 Å². The minimum Gasteiger partial charge on any atom is -0.492 e. The van der Waals surface area contributed by atoms with E-state index in [1.807, 2.05) is 33.8 Å². The zero-order chi connectivity index (χ0) is 15.3. The van der Waals surface area contributed by atoms with E-state index in [0.717, 1.165) is 27.8 Å². The number of benzene rings is 1. The van der Waals surface area contributed by atoms with Crippen LogP contribution < -0.4 is 4.74 Å². The molecule has 0 aliphatic rings. The highest BCUT2D eigenvalue weighted by atomic mass is 79.9. The van der Waals surface area contributed by atoms with Crippen LogP contribution in [-0.2, 0) is 16.0 Å². The lowest BCUT2D eigenvalue weighted by Gasteiger charge is -2.23. The second-order valence-corrected chi connectivity index (χ2v) is 6.43. The Labute approximate surface area is 129 Å². The first-order chi connectivity index (χ1) is 9.31. The molecule has 1 rings (SSSR count). The van der Waals surface area contributed by atoms with Crippen molar-refractivity contribution in [2.75, 3.05) is 19.0 Å². The van der Waals surface area contributed by atoms with Gasteiger partial charge in [0.1, 0.15) is 5.75 Å². The molecular formula is C16H23BrO3. The first kappa shape index (κ1) is 17.0. The number of rotatable bonds is 6. The minimum atomic E-state index is -0.524. The maximum atomic E-state index is 11.8. The third-order valence-electron chi connectivity index (χ3n) is 3.34. The molecule has 0 aliphatic carbocycles. The van der Waals surface area contributed by atoms with Crippen LogP contribution in [0.5, 0.6) is 5.75 Å². The molecule has 0 unspecified atom stereocenters. The lowest BCUT2D eigenvalue weighted by molar-refractivity contribution is -0.150. The van der Waals surface area contributed by atoms with Gasteiger partial charge in [0, 0.05) is 5.33 Å². The van der Waals surface area contributed by atoms with Gasteiger partial charge in [-0.1, -0.05) is 22.0 Å². The molecule has 0 saturated carbocycles. The third-order valence-corrected chi connectivity index (χ3v) is 3.66. The molecule has 0 heterocycles. The molecule has 0 aliphatic heterocycles. The highest BCUT2D eigenvalue weighted by Gasteiger charge is 2.29. The molecule has 0 amide bonds. The van der Waals surface area contributed by atoms with Crippen LogP contribution in [-0.4, -0.2) is 25.0 Å². The Morgan fingerprint density at radius 1 is 1.25 bits per heavy atom. The number of hydrogen-bond acceptors (Lipinski definition) is 3. The fourth-order valence-corrected chi connectivity index (χ4v) is 2.33. The van der Waals surface area contributed by atoms with E-state index in [1.165, 1.54) is 7.11 Å². The van der Waals surface area contributed by atoms with E-state index in [2.05, 4.69) is 22.0 Å². The van der Waals surface area contributed by atoms with Crippen molar-refractivity contribution in [3.8, 4) is 5.75 Å². The Morgan fingerprint density at radius 3 is 2.45 bits per heavy atom. The Kier molecular flexibility index (Phi) is 6.06. The Balaban J connectivity index is 2.98. The summed E-state index contributed by atoms with van der Waals surface area (Å²) >= 11 is 3.35. The zero-order valence-corrected chi connectivity index (χ0v) is 14.5. The highest BCUT2D eigenvalue weighted by Crippen LogP contribution is 2.29. The van der Waals surface area contributed by atoms with Gasteiger partial charge in [-0.2, -0.15) is 0 Å². The molecule has 1 aromatic carbocycles. The second-order valence-electron chi connectivity index (χ2n) is 5.63. The van der Waals surface area contributed by atoms with Crippen molar-refractivity contribution in [2.45, 2.75) is 34.1 Å². The topological polar surface area (TPSA) is 35.5 Å². The fraction of sp³-hybridized carbons (Fsp3) is 0.562. The van der Waals surface area contributed by atoms with Crippen LogP contribution in [0.25, 0.3) is 0 Å². The zero-order valence-electron chi connectivity index (χ0n) is 12.9. The monoisotopic (exact) mass is 342 g/mol. The normalized spacial score (nSPS) is 11.3. The van der Waals surface area contributed by atoms with Gasteiger partial charge < -0.3 is 9.47 Å². The quantitative estimate of drug-likeness (QED) is 0.582. The summed E-state index contributed by atoms with van der Waals surface area (Å²) in [5, 5.41) is 0.808. The van der Waals surface area contributed by atoms with Crippen LogP contribution >= 0.6 is 15.9 Å². The Bertz CT molecular complexity index is 481. The summed E-state index contributed by atoms with van der Waals surface area (Å²) in [6, 6.07) is 4.14. The molecule has 0 atom stereocenters. The first-order valence-electron chi connectivity index (χ1n) is 6.69. The van der Waals surface area contributed by atoms with Gasteiger partial charge in [-0.15, -0.1) is 0 Å². The lowest BCUT2D eigenvalue weighted by atomic mass is 9.84. The molecule has 4 heteroatoms. The molecule has 20 heavy (non-hydrogen) atoms. The minimum absolute atomic E-state index is 0.186. The number of carbonyl (C=O) groups excluding carboxylic acids is 1. The molecule has 0 fully saturated rings. The van der Waals surface area contributed by atoms with Gasteiger partial charge in [0.05, 0.1) is 19.1 Å². The number of hydrogen-bond donors (Lipinski definition) is 0. The van der Waals surface area contributed by atoms with E-state index in [1.54, 1.807) is 0 Å². The maximum Gasteiger partial charge on any atom is 0.311 e. The van der Waals surface area contributed by atoms with Crippen molar-refractivity contribution in [1.82, 2.24) is 0 Å². The van der Waals surface area contributed by atoms with Crippen LogP contribution in [0.1, 0.15) is 30.5 Å². The molecule has 3 nitrogen and oxygen atoms in total. The standard InChI is InChI=1S/C16H23BrO3/c1-11-9-14(20-7-6-17)12(2)8-13(11)10-16(3,4)15(18)19-5/h8-9H,6-7,10H2,1-5H3. The van der Waals surface area contributed by atoms with Crippen molar-refractivity contribution in [3.63, 3.8) is 0 Å². The van der Waals surface area contributed by atoms with Gasteiger partial charge in [-0.25, -0.2) is 0 Å². The molecular weight excluding hydrogens is 320 g/mol. The van der Waals surface area contributed by atoms with Crippen molar-refractivity contribution in [3.05, 3.63) is 28.8 Å². The third kappa shape index (κ3) is 4.23. The van der Waals surface area contributed by atoms with Crippen LogP contribution in [0, 0.1) is 19.3 Å². The van der Waals surface area contributed by atoms with E-state index in [9.17, 15) is 4.79 Å². The van der Waals surface area contributed by atoms with Crippen molar-refractivity contribution >= 4 is 21.9 Å². The van der Waals surface area contributed by atoms with Gasteiger partial charge in [0.2, 0.25) is 0 Å². The van der Waals surface area contributed by atoms with Crippen LogP contribution in [0.15, 0.2) is 12.1 Å². The number of alkyl halides is 1. The first-order valence-corrected chi connectivity index (χ1v) is 7.81. The van der Waals surface area contributed by atoms with Crippen molar-refractivity contribution < 1.29 is 14.3 Å². The Morgan fingerprint density at radius 2 is 1.90 bits per heavy atom. The molecule has 112 valence electrons. The number of aryl methyl sites for hydroxylation is 2. The molecule has 1 aromatic rings. The van der Waals surface area contributed by atoms with Crippen LogP contribution in [0.4, 0.5) is 0 Å². The molecule has 0 bridgehead atoms. The number of esters is 1. The maximum absolute atomic E-state index is 11.8. The molecule has 0 spiro atoms. The van der Waals surface area contributed by atoms with E-state index >= 15 is 0 Å². The Hall–Kier alpha value is -1.03. The number of methoxy groups -OCH3 is 1. The smallest absolute Gasteiger partial charge is 0.311 e. The molecule has 0 saturated heterocycles. The summed E-state index contributed by atoms with van der Waals surface area (Å²) in [4.78, 5) is 11.8. The van der Waals surface area contributed by atoms with Gasteiger partial charge in [-0.05, 0) is 56.9 Å². The summed E-state index contributed by atoms with van der Waals surface area (Å²) < 4.78 is 10.5. The van der Waals surface area contributed by atoms with E-state index in [0.29, 0.717) is 13.0 Å². The summed E-state index contributed by atoms with van der Waals surface area (Å²) in [7, 11) is 1.43. The lowest BCUT2D eigenvalue weighted by Crippen LogP contribution is -2.28. The van der Waals surface area contributed by atoms with Gasteiger partial charge in [0.25, 0.3) is 0 Å². The van der Waals surface area contributed by atoms with Gasteiger partial charge in [-0.3, -0.25) is 4.79 Å². The van der Waals surface area contributed by atoms with E-state index < -0.39 is 5.41 Å². The largest absolute Gasteiger partial charge is 0.492 e. The highest BCUT2D eigenvalue weighted by molar-refractivity contribution is 9.09. The predicted molar refractivity (Wildman–Crippen MR) is 84.7 cm³/mol. The van der Waals surface area contributed by atoms with Crippen molar-refractivity contribution in [1.29, 1.82) is 0 Å². The summed E-state index contributed by atoms with van der Waals surface area (Å²) in [6.45, 7) is 8.53. The summed E-state index contributed by atoms with van der Waals surface area (Å²) in [5.41, 5.74) is 2.86. The van der Waals surface area contributed by atoms with E-state index in [-0.39, 0.29) is 5.97 Å². The summed E-state index contributed by atoms with van der Waals surface area (Å²) in [5.74, 6) is 0.718. The number of carbonyl (C=O) groups is 1. The SMILES string of the molecule is COC(=O)C(C)(C)Cc1cc(C)c(OCCBr)cc1C. The number of ether oxygens (including phenoxy) is 2. The second kappa shape index (κ2) is 7.11. The molecule has 0 N–H and O–H groups in total. The van der Waals surface area contributed by atoms with Crippen LogP contribution in [0.3, 0.4) is 0 Å².